The standard InChI is InChI=1S/C19H19ClN2O3/c1-13-11-14(20)4-9-17(13)25-12-18(23)21-15-5-7-16(8-6-15)22-10-2-3-19(22)24/h4-9,11H,2-3,10,12H2,1H3,(H,21,23). The molecule has 0 saturated carbocycles. The summed E-state index contributed by atoms with van der Waals surface area (Å²) in [4.78, 5) is 25.5. The quantitative estimate of drug-likeness (QED) is 0.884. The molecule has 0 aliphatic carbocycles. The van der Waals surface area contributed by atoms with Gasteiger partial charge in [0.05, 0.1) is 0 Å². The molecule has 2 amide bonds. The molecule has 6 heteroatoms. The van der Waals surface area contributed by atoms with Crippen molar-refractivity contribution in [3.63, 3.8) is 0 Å². The number of hydrogen-bond acceptors (Lipinski definition) is 3. The van der Waals surface area contributed by atoms with Crippen LogP contribution in [0.25, 0.3) is 0 Å². The van der Waals surface area contributed by atoms with Crippen molar-refractivity contribution in [2.45, 2.75) is 19.8 Å². The molecule has 0 aromatic heterocycles. The van der Waals surface area contributed by atoms with Crippen LogP contribution in [0.4, 0.5) is 11.4 Å². The molecule has 5 nitrogen and oxygen atoms in total. The Morgan fingerprint density at radius 3 is 2.64 bits per heavy atom. The highest BCUT2D eigenvalue weighted by molar-refractivity contribution is 6.30. The zero-order chi connectivity index (χ0) is 17.8. The van der Waals surface area contributed by atoms with Crippen LogP contribution >= 0.6 is 11.6 Å². The van der Waals surface area contributed by atoms with Gasteiger partial charge in [-0.1, -0.05) is 11.6 Å². The summed E-state index contributed by atoms with van der Waals surface area (Å²) in [6.07, 6.45) is 1.48. The zero-order valence-corrected chi connectivity index (χ0v) is 14.7. The predicted octanol–water partition coefficient (Wildman–Crippen LogP) is 3.79. The summed E-state index contributed by atoms with van der Waals surface area (Å²) in [5.74, 6) is 0.519. The first-order valence-electron chi connectivity index (χ1n) is 8.12. The monoisotopic (exact) mass is 358 g/mol. The fourth-order valence-corrected chi connectivity index (χ4v) is 2.99. The number of anilines is 2. The Labute approximate surface area is 151 Å². The number of nitrogens with zero attached hydrogens (tertiary/aromatic N) is 1. The maximum atomic E-state index is 12.0. The molecular weight excluding hydrogens is 340 g/mol. The Bertz CT molecular complexity index is 790. The first-order chi connectivity index (χ1) is 12.0. The number of rotatable bonds is 5. The number of ether oxygens (including phenoxy) is 1. The van der Waals surface area contributed by atoms with Crippen molar-refractivity contribution in [2.75, 3.05) is 23.4 Å². The molecule has 1 N–H and O–H groups in total. The van der Waals surface area contributed by atoms with Crippen LogP contribution in [-0.2, 0) is 9.59 Å². The summed E-state index contributed by atoms with van der Waals surface area (Å²) in [6, 6.07) is 12.5. The van der Waals surface area contributed by atoms with Gasteiger partial charge in [0.2, 0.25) is 5.91 Å². The second-order valence-electron chi connectivity index (χ2n) is 5.94. The molecule has 1 fully saturated rings. The van der Waals surface area contributed by atoms with Gasteiger partial charge in [-0.2, -0.15) is 0 Å². The Morgan fingerprint density at radius 1 is 1.24 bits per heavy atom. The molecule has 0 spiro atoms. The average molecular weight is 359 g/mol. The van der Waals surface area contributed by atoms with Crippen molar-refractivity contribution in [2.24, 2.45) is 0 Å². The van der Waals surface area contributed by atoms with Crippen LogP contribution in [0.3, 0.4) is 0 Å². The van der Waals surface area contributed by atoms with E-state index in [-0.39, 0.29) is 18.4 Å². The van der Waals surface area contributed by atoms with E-state index in [0.717, 1.165) is 24.2 Å². The summed E-state index contributed by atoms with van der Waals surface area (Å²) in [7, 11) is 0. The zero-order valence-electron chi connectivity index (χ0n) is 13.9. The first kappa shape index (κ1) is 17.3. The maximum Gasteiger partial charge on any atom is 0.262 e. The minimum atomic E-state index is -0.251. The summed E-state index contributed by atoms with van der Waals surface area (Å²) in [6.45, 7) is 2.53. The second-order valence-corrected chi connectivity index (χ2v) is 6.38. The SMILES string of the molecule is Cc1cc(Cl)ccc1OCC(=O)Nc1ccc(N2CCCC2=O)cc1. The third kappa shape index (κ3) is 4.31. The van der Waals surface area contributed by atoms with Crippen LogP contribution in [0, 0.1) is 6.92 Å². The lowest BCUT2D eigenvalue weighted by Gasteiger charge is -2.16. The van der Waals surface area contributed by atoms with Crippen molar-refractivity contribution in [1.29, 1.82) is 0 Å². The first-order valence-corrected chi connectivity index (χ1v) is 8.50. The van der Waals surface area contributed by atoms with Gasteiger partial charge in [-0.05, 0) is 61.4 Å². The van der Waals surface area contributed by atoms with Gasteiger partial charge in [-0.3, -0.25) is 9.59 Å². The number of carbonyl (C=O) groups excluding carboxylic acids is 2. The normalized spacial score (nSPS) is 13.8. The van der Waals surface area contributed by atoms with Gasteiger partial charge in [0.15, 0.2) is 6.61 Å². The average Bonchev–Trinajstić information content (AvgIpc) is 3.01. The van der Waals surface area contributed by atoms with E-state index in [2.05, 4.69) is 5.32 Å². The van der Waals surface area contributed by atoms with E-state index in [4.69, 9.17) is 16.3 Å². The molecule has 130 valence electrons. The molecule has 1 aliphatic heterocycles. The van der Waals surface area contributed by atoms with Crippen molar-refractivity contribution >= 4 is 34.8 Å². The van der Waals surface area contributed by atoms with Gasteiger partial charge in [0.25, 0.3) is 5.91 Å². The van der Waals surface area contributed by atoms with E-state index < -0.39 is 0 Å². The van der Waals surface area contributed by atoms with E-state index in [0.29, 0.717) is 22.9 Å². The molecule has 1 heterocycles. The highest BCUT2D eigenvalue weighted by Crippen LogP contribution is 2.24. The topological polar surface area (TPSA) is 58.6 Å². The largest absolute Gasteiger partial charge is 0.483 e. The minimum Gasteiger partial charge on any atom is -0.483 e. The Kier molecular flexibility index (Phi) is 5.24. The fraction of sp³-hybridized carbons (Fsp3) is 0.263. The van der Waals surface area contributed by atoms with Crippen LogP contribution in [0.1, 0.15) is 18.4 Å². The molecule has 0 unspecified atom stereocenters. The molecule has 2 aromatic carbocycles. The predicted molar refractivity (Wildman–Crippen MR) is 98.3 cm³/mol. The summed E-state index contributed by atoms with van der Waals surface area (Å²) >= 11 is 5.90. The highest BCUT2D eigenvalue weighted by Gasteiger charge is 2.21. The van der Waals surface area contributed by atoms with Gasteiger partial charge >= 0.3 is 0 Å². The molecule has 0 radical (unpaired) electrons. The van der Waals surface area contributed by atoms with Crippen LogP contribution < -0.4 is 15.0 Å². The van der Waals surface area contributed by atoms with Crippen LogP contribution in [0.5, 0.6) is 5.75 Å². The van der Waals surface area contributed by atoms with Gasteiger partial charge in [0, 0.05) is 29.4 Å². The van der Waals surface area contributed by atoms with Crippen LogP contribution in [-0.4, -0.2) is 25.0 Å². The number of carbonyl (C=O) groups is 2. The van der Waals surface area contributed by atoms with Gasteiger partial charge in [-0.15, -0.1) is 0 Å². The van der Waals surface area contributed by atoms with Crippen LogP contribution in [0.15, 0.2) is 42.5 Å². The molecule has 0 atom stereocenters. The Hall–Kier alpha value is -2.53. The van der Waals surface area contributed by atoms with E-state index in [9.17, 15) is 9.59 Å². The highest BCUT2D eigenvalue weighted by atomic mass is 35.5. The molecule has 25 heavy (non-hydrogen) atoms. The number of benzene rings is 2. The molecule has 0 bridgehead atoms. The number of aryl methyl sites for hydroxylation is 1. The Balaban J connectivity index is 1.55. The lowest BCUT2D eigenvalue weighted by molar-refractivity contribution is -0.118. The number of nitrogens with one attached hydrogen (secondary N) is 1. The molecule has 1 aliphatic rings. The van der Waals surface area contributed by atoms with Gasteiger partial charge in [0.1, 0.15) is 5.75 Å². The van der Waals surface area contributed by atoms with E-state index in [1.54, 1.807) is 35.2 Å². The van der Waals surface area contributed by atoms with Crippen molar-refractivity contribution in [3.05, 3.63) is 53.1 Å². The maximum absolute atomic E-state index is 12.0. The second kappa shape index (κ2) is 7.57. The summed E-state index contributed by atoms with van der Waals surface area (Å²) < 4.78 is 5.52. The molecular formula is C19H19ClN2O3. The molecule has 3 rings (SSSR count). The number of amides is 2. The minimum absolute atomic E-state index is 0.0885. The lowest BCUT2D eigenvalue weighted by Crippen LogP contribution is -2.23. The van der Waals surface area contributed by atoms with Crippen molar-refractivity contribution < 1.29 is 14.3 Å². The third-order valence-corrected chi connectivity index (χ3v) is 4.27. The van der Waals surface area contributed by atoms with Crippen molar-refractivity contribution in [3.8, 4) is 5.75 Å². The lowest BCUT2D eigenvalue weighted by atomic mass is 10.2. The molecule has 1 saturated heterocycles. The fourth-order valence-electron chi connectivity index (χ4n) is 2.76. The number of halogens is 1. The van der Waals surface area contributed by atoms with Gasteiger partial charge < -0.3 is 15.0 Å². The van der Waals surface area contributed by atoms with Crippen molar-refractivity contribution in [1.82, 2.24) is 0 Å². The van der Waals surface area contributed by atoms with Gasteiger partial charge in [-0.25, -0.2) is 0 Å². The summed E-state index contributed by atoms with van der Waals surface area (Å²) in [5, 5.41) is 3.41. The smallest absolute Gasteiger partial charge is 0.262 e. The van der Waals surface area contributed by atoms with Crippen LogP contribution in [0.2, 0.25) is 5.02 Å². The van der Waals surface area contributed by atoms with E-state index >= 15 is 0 Å². The van der Waals surface area contributed by atoms with E-state index in [1.165, 1.54) is 0 Å². The third-order valence-electron chi connectivity index (χ3n) is 4.03. The Morgan fingerprint density at radius 2 is 2.00 bits per heavy atom. The summed E-state index contributed by atoms with van der Waals surface area (Å²) in [5.41, 5.74) is 2.39. The molecule has 2 aromatic rings. The number of hydrogen-bond donors (Lipinski definition) is 1. The van der Waals surface area contributed by atoms with E-state index in [1.807, 2.05) is 19.1 Å².